The number of urea groups is 1. The van der Waals surface area contributed by atoms with Crippen molar-refractivity contribution in [3.63, 3.8) is 0 Å². The molecule has 2 aromatic rings. The van der Waals surface area contributed by atoms with E-state index in [2.05, 4.69) is 30.7 Å². The minimum Gasteiger partial charge on any atom is -0.396 e. The number of aromatic nitrogens is 2. The van der Waals surface area contributed by atoms with Gasteiger partial charge in [0.25, 0.3) is 0 Å². The summed E-state index contributed by atoms with van der Waals surface area (Å²) in [6.07, 6.45) is 7.74. The first kappa shape index (κ1) is 27.0. The number of oxime groups is 1. The smallest absolute Gasteiger partial charge is 0.319 e. The van der Waals surface area contributed by atoms with Crippen LogP contribution in [0.1, 0.15) is 56.4 Å². The molecule has 0 radical (unpaired) electrons. The summed E-state index contributed by atoms with van der Waals surface area (Å²) in [5.41, 5.74) is 1.02. The van der Waals surface area contributed by atoms with Gasteiger partial charge in [0, 0.05) is 45.1 Å². The predicted octanol–water partition coefficient (Wildman–Crippen LogP) is 4.61. The maximum absolute atomic E-state index is 14.8. The third-order valence-corrected chi connectivity index (χ3v) is 6.82. The van der Waals surface area contributed by atoms with Crippen molar-refractivity contribution in [3.05, 3.63) is 46.7 Å². The van der Waals surface area contributed by atoms with E-state index in [1.165, 1.54) is 6.07 Å². The second-order valence-electron chi connectivity index (χ2n) is 9.24. The fraction of sp³-hybridized carbons (Fsp3) is 0.520. The molecule has 2 amide bonds. The van der Waals surface area contributed by atoms with Crippen molar-refractivity contribution >= 4 is 35.0 Å². The molecule has 1 aromatic heterocycles. The topological polar surface area (TPSA) is 112 Å². The van der Waals surface area contributed by atoms with E-state index < -0.39 is 17.7 Å². The Balaban J connectivity index is 1.24. The molecule has 2 heterocycles. The Bertz CT molecular complexity index is 1090. The summed E-state index contributed by atoms with van der Waals surface area (Å²) in [5.74, 6) is -0.721. The molecule has 1 saturated carbocycles. The van der Waals surface area contributed by atoms with Gasteiger partial charge in [-0.3, -0.25) is 0 Å². The van der Waals surface area contributed by atoms with Gasteiger partial charge in [-0.25, -0.2) is 23.5 Å². The van der Waals surface area contributed by atoms with Crippen molar-refractivity contribution in [2.75, 3.05) is 36.5 Å². The van der Waals surface area contributed by atoms with Crippen LogP contribution >= 0.6 is 11.6 Å². The molecule has 2 fully saturated rings. The van der Waals surface area contributed by atoms with E-state index in [1.807, 2.05) is 0 Å². The third-order valence-electron chi connectivity index (χ3n) is 6.62. The zero-order valence-electron chi connectivity index (χ0n) is 20.4. The number of amides is 2. The number of rotatable bonds is 8. The summed E-state index contributed by atoms with van der Waals surface area (Å²) in [6, 6.07) is 1.53. The highest BCUT2D eigenvalue weighted by Crippen LogP contribution is 2.35. The maximum Gasteiger partial charge on any atom is 0.319 e. The molecule has 0 bridgehead atoms. The van der Waals surface area contributed by atoms with Gasteiger partial charge in [0.05, 0.1) is 28.8 Å². The number of aliphatic hydroxyl groups excluding tert-OH is 1. The Hall–Kier alpha value is -3.05. The molecule has 1 aliphatic heterocycles. The Morgan fingerprint density at radius 2 is 1.84 bits per heavy atom. The summed E-state index contributed by atoms with van der Waals surface area (Å²) >= 11 is 5.85. The summed E-state index contributed by atoms with van der Waals surface area (Å²) in [4.78, 5) is 28.2. The highest BCUT2D eigenvalue weighted by Gasteiger charge is 2.26. The monoisotopic (exact) mass is 536 g/mol. The van der Waals surface area contributed by atoms with Crippen LogP contribution < -0.4 is 15.5 Å². The molecule has 3 N–H and O–H groups in total. The average Bonchev–Trinajstić information content (AvgIpc) is 2.91. The van der Waals surface area contributed by atoms with E-state index in [1.54, 1.807) is 12.4 Å². The Morgan fingerprint density at radius 1 is 1.14 bits per heavy atom. The van der Waals surface area contributed by atoms with Gasteiger partial charge in [-0.15, -0.1) is 0 Å². The largest absolute Gasteiger partial charge is 0.396 e. The lowest BCUT2D eigenvalue weighted by atomic mass is 9.83. The number of benzene rings is 1. The van der Waals surface area contributed by atoms with Crippen LogP contribution in [0.2, 0.25) is 5.02 Å². The van der Waals surface area contributed by atoms with Crippen LogP contribution in [0.5, 0.6) is 0 Å². The highest BCUT2D eigenvalue weighted by molar-refractivity contribution is 6.30. The van der Waals surface area contributed by atoms with Crippen LogP contribution in [0.4, 0.5) is 25.2 Å². The molecule has 0 atom stereocenters. The standard InChI is InChI=1S/C25H31ClF2N6O3/c26-17-14-30-24(31-15-17)34-9-6-19(7-10-34)37-33-18-4-2-16(3-5-18)20-12-22(28)23(13-21(20)27)32-25(36)29-8-1-11-35/h12-16,19,35H,1-11H2,(H2,29,32,36). The van der Waals surface area contributed by atoms with E-state index in [9.17, 15) is 13.6 Å². The summed E-state index contributed by atoms with van der Waals surface area (Å²) < 4.78 is 29.4. The molecular formula is C25H31ClF2N6O3. The molecule has 12 heteroatoms. The van der Waals surface area contributed by atoms with Crippen LogP contribution in [-0.2, 0) is 4.84 Å². The lowest BCUT2D eigenvalue weighted by Crippen LogP contribution is -2.37. The van der Waals surface area contributed by atoms with Crippen molar-refractivity contribution in [3.8, 4) is 0 Å². The van der Waals surface area contributed by atoms with Gasteiger partial charge in [0.15, 0.2) is 0 Å². The molecule has 37 heavy (non-hydrogen) atoms. The van der Waals surface area contributed by atoms with E-state index in [-0.39, 0.29) is 30.9 Å². The number of nitrogens with zero attached hydrogens (tertiary/aromatic N) is 4. The van der Waals surface area contributed by atoms with Crippen molar-refractivity contribution in [2.24, 2.45) is 5.16 Å². The molecule has 0 spiro atoms. The Kier molecular flexibility index (Phi) is 9.45. The van der Waals surface area contributed by atoms with Crippen molar-refractivity contribution < 1.29 is 23.5 Å². The van der Waals surface area contributed by atoms with E-state index in [0.717, 1.165) is 37.7 Å². The van der Waals surface area contributed by atoms with Crippen molar-refractivity contribution in [1.82, 2.24) is 15.3 Å². The van der Waals surface area contributed by atoms with Crippen LogP contribution in [0.3, 0.4) is 0 Å². The number of carbonyl (C=O) groups excluding carboxylic acids is 1. The molecule has 1 aliphatic carbocycles. The first-order valence-corrected chi connectivity index (χ1v) is 12.9. The van der Waals surface area contributed by atoms with E-state index in [4.69, 9.17) is 21.5 Å². The second-order valence-corrected chi connectivity index (χ2v) is 9.67. The van der Waals surface area contributed by atoms with Crippen LogP contribution in [0, 0.1) is 11.6 Å². The van der Waals surface area contributed by atoms with Gasteiger partial charge >= 0.3 is 6.03 Å². The number of halogens is 3. The maximum atomic E-state index is 14.8. The zero-order valence-corrected chi connectivity index (χ0v) is 21.2. The minimum absolute atomic E-state index is 0.0150. The highest BCUT2D eigenvalue weighted by atomic mass is 35.5. The van der Waals surface area contributed by atoms with Crippen LogP contribution in [0.15, 0.2) is 29.7 Å². The third kappa shape index (κ3) is 7.48. The SMILES string of the molecule is O=C(NCCCO)Nc1cc(F)c(C2CCC(=NOC3CCN(c4ncc(Cl)cn4)CC3)CC2)cc1F. The molecule has 1 aromatic carbocycles. The van der Waals surface area contributed by atoms with Gasteiger partial charge in [-0.1, -0.05) is 16.8 Å². The van der Waals surface area contributed by atoms with Gasteiger partial charge in [0.1, 0.15) is 17.7 Å². The average molecular weight is 537 g/mol. The number of anilines is 2. The van der Waals surface area contributed by atoms with E-state index in [0.29, 0.717) is 48.6 Å². The number of aliphatic hydroxyl groups is 1. The second kappa shape index (κ2) is 13.0. The van der Waals surface area contributed by atoms with Crippen LogP contribution in [0.25, 0.3) is 0 Å². The fourth-order valence-corrected chi connectivity index (χ4v) is 4.65. The van der Waals surface area contributed by atoms with Gasteiger partial charge in [-0.05, 0) is 49.7 Å². The number of hydrogen-bond acceptors (Lipinski definition) is 7. The fourth-order valence-electron chi connectivity index (χ4n) is 4.55. The molecule has 9 nitrogen and oxygen atoms in total. The van der Waals surface area contributed by atoms with Crippen LogP contribution in [-0.4, -0.2) is 59.2 Å². The molecule has 4 rings (SSSR count). The number of piperidine rings is 1. The Labute approximate surface area is 219 Å². The van der Waals surface area contributed by atoms with E-state index >= 15 is 0 Å². The molecular weight excluding hydrogens is 506 g/mol. The summed E-state index contributed by atoms with van der Waals surface area (Å²) in [7, 11) is 0. The quantitative estimate of drug-likeness (QED) is 0.335. The minimum atomic E-state index is -0.688. The number of hydrogen-bond donors (Lipinski definition) is 3. The molecule has 200 valence electrons. The van der Waals surface area contributed by atoms with Gasteiger partial charge in [-0.2, -0.15) is 0 Å². The number of nitrogens with one attached hydrogen (secondary N) is 2. The first-order chi connectivity index (χ1) is 17.9. The number of carbonyl (C=O) groups is 1. The normalized spacial score (nSPS) is 18.4. The lowest BCUT2D eigenvalue weighted by Gasteiger charge is -2.31. The molecule has 1 saturated heterocycles. The van der Waals surface area contributed by atoms with Gasteiger partial charge in [0.2, 0.25) is 5.95 Å². The van der Waals surface area contributed by atoms with Crippen molar-refractivity contribution in [2.45, 2.75) is 57.0 Å². The van der Waals surface area contributed by atoms with Crippen molar-refractivity contribution in [1.29, 1.82) is 0 Å². The Morgan fingerprint density at radius 3 is 2.51 bits per heavy atom. The predicted molar refractivity (Wildman–Crippen MR) is 137 cm³/mol. The van der Waals surface area contributed by atoms with Gasteiger partial charge < -0.3 is 25.5 Å². The molecule has 0 unspecified atom stereocenters. The summed E-state index contributed by atoms with van der Waals surface area (Å²) in [5, 5.41) is 18.4. The lowest BCUT2D eigenvalue weighted by molar-refractivity contribution is 0.0406. The summed E-state index contributed by atoms with van der Waals surface area (Å²) in [6.45, 7) is 1.69. The molecule has 2 aliphatic rings. The zero-order chi connectivity index (χ0) is 26.2. The first-order valence-electron chi connectivity index (χ1n) is 12.5.